The average Bonchev–Trinajstić information content (AvgIpc) is 1.57. The molecule has 149 heavy (non-hydrogen) atoms. The summed E-state index contributed by atoms with van der Waals surface area (Å²) in [6.07, 6.45) is -3.60. The van der Waals surface area contributed by atoms with Crippen LogP contribution in [0.25, 0.3) is 33.1 Å². The van der Waals surface area contributed by atoms with Crippen molar-refractivity contribution in [3.05, 3.63) is 196 Å². The predicted octanol–water partition coefficient (Wildman–Crippen LogP) is 8.79. The number of carboxylic acids is 2. The number of amides is 9. The Kier molecular flexibility index (Phi) is 44.5. The van der Waals surface area contributed by atoms with Crippen LogP contribution >= 0.6 is 19.0 Å². The molecule has 800 valence electrons. The lowest BCUT2D eigenvalue weighted by molar-refractivity contribution is -0.141. The maximum absolute atomic E-state index is 14.7. The summed E-state index contributed by atoms with van der Waals surface area (Å²) in [6, 6.07) is 34.4. The van der Waals surface area contributed by atoms with Crippen LogP contribution in [0.1, 0.15) is 155 Å². The molecule has 0 radical (unpaired) electrons. The van der Waals surface area contributed by atoms with Gasteiger partial charge in [0.05, 0.1) is 87.2 Å². The highest BCUT2D eigenvalue weighted by atomic mass is 35.5. The van der Waals surface area contributed by atoms with Crippen molar-refractivity contribution in [3.8, 4) is 22.8 Å². The van der Waals surface area contributed by atoms with E-state index in [0.29, 0.717) is 56.7 Å². The van der Waals surface area contributed by atoms with E-state index < -0.39 is 176 Å². The summed E-state index contributed by atoms with van der Waals surface area (Å²) in [5, 5.41) is 44.8. The van der Waals surface area contributed by atoms with Gasteiger partial charge in [0.1, 0.15) is 48.7 Å². The van der Waals surface area contributed by atoms with Gasteiger partial charge in [-0.05, 0) is 134 Å². The van der Waals surface area contributed by atoms with Gasteiger partial charge < -0.3 is 105 Å². The Morgan fingerprint density at radius 2 is 1.34 bits per heavy atom. The molecule has 13 N–H and O–H groups in total. The minimum atomic E-state index is -4.17. The third kappa shape index (κ3) is 34.5. The molecule has 3 aromatic heterocycles. The molecule has 9 atom stereocenters. The predicted molar refractivity (Wildman–Crippen MR) is 546 cm³/mol. The molecule has 10 rings (SSSR count). The third-order valence-corrected chi connectivity index (χ3v) is 27.9. The highest BCUT2D eigenvalue weighted by molar-refractivity contribution is 7.58. The first-order chi connectivity index (χ1) is 71.3. The van der Waals surface area contributed by atoms with E-state index in [4.69, 9.17) is 55.8 Å². The van der Waals surface area contributed by atoms with Crippen molar-refractivity contribution in [2.24, 2.45) is 29.6 Å². The number of nitrogens with one attached hydrogen (secondary N) is 8. The number of ether oxygens (including phenoxy) is 7. The van der Waals surface area contributed by atoms with E-state index in [1.807, 2.05) is 38.1 Å². The normalized spacial score (nSPS) is 14.0. The fourth-order valence-corrected chi connectivity index (χ4v) is 19.5. The topological polar surface area (TPSA) is 595 Å². The number of rotatable bonds is 62. The molecule has 0 saturated carbocycles. The van der Waals surface area contributed by atoms with Crippen LogP contribution in [-0.4, -0.2) is 288 Å². The fraction of sp³-hybridized carbons (Fsp3) is 0.442. The molecule has 0 aliphatic carbocycles. The molecule has 43 nitrogen and oxygen atoms in total. The number of hydrogen-bond acceptors (Lipinski definition) is 28. The second-order valence-corrected chi connectivity index (χ2v) is 39.6. The lowest BCUT2D eigenvalue weighted by atomic mass is 9.87. The number of aryl methyl sites for hydroxylation is 1. The molecule has 0 fully saturated rings. The van der Waals surface area contributed by atoms with Crippen LogP contribution in [0, 0.1) is 37.5 Å². The highest BCUT2D eigenvalue weighted by Gasteiger charge is 2.40. The summed E-state index contributed by atoms with van der Waals surface area (Å²) in [6.45, 7) is 7.93. The van der Waals surface area contributed by atoms with Crippen molar-refractivity contribution < 1.29 is 134 Å². The number of methoxy groups -OCH3 is 3. The molecule has 2 unspecified atom stereocenters. The number of anilines is 1. The van der Waals surface area contributed by atoms with Gasteiger partial charge in [0.15, 0.2) is 23.1 Å². The Morgan fingerprint density at radius 3 is 1.99 bits per heavy atom. The average molecular weight is 2100 g/mol. The number of Topliss-reactive ketones (excluding diaryl/α,β-unsaturated/α-hetero) is 3. The molecule has 6 aromatic carbocycles. The van der Waals surface area contributed by atoms with Gasteiger partial charge in [0.25, 0.3) is 18.3 Å². The molecular weight excluding hydrogens is 1970 g/mol. The van der Waals surface area contributed by atoms with Crippen molar-refractivity contribution in [1.29, 1.82) is 0 Å². The minimum absolute atomic E-state index is 0.000867. The Labute approximate surface area is 864 Å². The van der Waals surface area contributed by atoms with E-state index in [1.165, 1.54) is 48.9 Å². The second kappa shape index (κ2) is 57.1. The molecule has 4 heterocycles. The number of aromatic nitrogens is 5. The number of fused-ring (bicyclic) bond motifs is 4. The maximum Gasteiger partial charge on any atom is 0.415 e. The Balaban J connectivity index is 0.643. The first kappa shape index (κ1) is 116. The number of hydrogen-bond donors (Lipinski definition) is 12. The Morgan fingerprint density at radius 1 is 0.664 bits per heavy atom. The Hall–Kier alpha value is -14.6. The van der Waals surface area contributed by atoms with Gasteiger partial charge in [-0.3, -0.25) is 71.7 Å². The third-order valence-electron chi connectivity index (χ3n) is 25.5. The number of carboxylic acid groups (broad SMARTS) is 2. The molecule has 0 spiro atoms. The van der Waals surface area contributed by atoms with Crippen molar-refractivity contribution >= 4 is 142 Å². The van der Waals surface area contributed by atoms with Crippen LogP contribution in [0.3, 0.4) is 0 Å². The van der Waals surface area contributed by atoms with Crippen LogP contribution in [0.2, 0.25) is 0 Å². The smallest absolute Gasteiger partial charge is 0.415 e. The monoisotopic (exact) mass is 2100 g/mol. The number of ketones is 3. The summed E-state index contributed by atoms with van der Waals surface area (Å²) >= 11 is 6.62. The summed E-state index contributed by atoms with van der Waals surface area (Å²) in [5.41, 5.74) is 7.94. The number of carbonyl (C=O) groups excluding carboxylic acids is 14. The first-order valence-corrected chi connectivity index (χ1v) is 51.2. The van der Waals surface area contributed by atoms with Gasteiger partial charge in [-0.2, -0.15) is 0 Å². The summed E-state index contributed by atoms with van der Waals surface area (Å²) in [5.74, 6) is -6.55. The maximum atomic E-state index is 14.7. The summed E-state index contributed by atoms with van der Waals surface area (Å²) in [4.78, 5) is 239. The van der Waals surface area contributed by atoms with E-state index >= 15 is 0 Å². The van der Waals surface area contributed by atoms with Crippen LogP contribution in [0.15, 0.2) is 140 Å². The second-order valence-electron chi connectivity index (χ2n) is 36.8. The number of likely N-dealkylation sites (N-methyl/N-ethyl adjacent to an activating group) is 1. The van der Waals surface area contributed by atoms with Crippen LogP contribution < -0.4 is 52.2 Å². The molecule has 0 bridgehead atoms. The number of alkyl halides is 1. The van der Waals surface area contributed by atoms with E-state index in [9.17, 15) is 91.3 Å². The number of unbranched alkanes of at least 4 members (excludes halogenated alkanes) is 1. The lowest BCUT2D eigenvalue weighted by Gasteiger charge is -2.25. The Bertz CT molecular complexity index is 6240. The number of aromatic amines is 2. The molecular formula is C104H129ClN15O28P. The zero-order valence-corrected chi connectivity index (χ0v) is 86.1. The minimum Gasteiger partial charge on any atom is -0.494 e. The summed E-state index contributed by atoms with van der Waals surface area (Å²) < 4.78 is 52.7. The van der Waals surface area contributed by atoms with E-state index in [-0.39, 0.29) is 183 Å². The number of nitrogens with zero attached hydrogens (tertiary/aromatic N) is 6. The van der Waals surface area contributed by atoms with Gasteiger partial charge in [-0.15, -0.1) is 16.7 Å². The van der Waals surface area contributed by atoms with Crippen molar-refractivity contribution in [3.63, 3.8) is 0 Å². The van der Waals surface area contributed by atoms with Gasteiger partial charge in [0, 0.05) is 150 Å². The van der Waals surface area contributed by atoms with Gasteiger partial charge in [-0.1, -0.05) is 123 Å². The lowest BCUT2D eigenvalue weighted by Crippen LogP contribution is -2.47. The first-order valence-electron chi connectivity index (χ1n) is 48.7. The molecule has 0 saturated heterocycles. The number of aliphatic carboxylic acids is 2. The van der Waals surface area contributed by atoms with Crippen LogP contribution in [0.4, 0.5) is 15.3 Å². The van der Waals surface area contributed by atoms with Crippen LogP contribution in [0.5, 0.6) is 11.5 Å². The van der Waals surface area contributed by atoms with Crippen LogP contribution in [-0.2, 0) is 118 Å². The quantitative estimate of drug-likeness (QED) is 0.00322. The van der Waals surface area contributed by atoms with E-state index in [2.05, 4.69) is 57.0 Å². The number of halogens is 1. The fourth-order valence-electron chi connectivity index (χ4n) is 17.2. The van der Waals surface area contributed by atoms with Crippen molar-refractivity contribution in [2.75, 3.05) is 124 Å². The number of esters is 1. The van der Waals surface area contributed by atoms with Crippen molar-refractivity contribution in [2.45, 2.75) is 155 Å². The zero-order valence-electron chi connectivity index (χ0n) is 84.5. The van der Waals surface area contributed by atoms with E-state index in [0.717, 1.165) is 27.6 Å². The molecule has 1 aliphatic rings. The number of nitrogens with two attached hydrogens (primary N) is 1. The van der Waals surface area contributed by atoms with E-state index in [1.54, 1.807) is 135 Å². The molecule has 9 amide bonds. The van der Waals surface area contributed by atoms with Gasteiger partial charge in [0.2, 0.25) is 36.9 Å². The highest BCUT2D eigenvalue weighted by Crippen LogP contribution is 2.48. The molecule has 45 heteroatoms. The number of carbonyl (C=O) groups is 16. The van der Waals surface area contributed by atoms with Gasteiger partial charge in [-0.25, -0.2) is 25.0 Å². The van der Waals surface area contributed by atoms with Gasteiger partial charge >= 0.3 is 30.1 Å². The standard InChI is InChI=1S/C104H129ClN15O28P/c1-62(2)77(99(132)110-65(5)85(122)47-68-23-25-69(26-24-68)57-145-103(137)117(6)38-39-118(40-43-141-7)104(138)148-88-52-84-93(78-50-82(102(136)143-9)114-95(78)88)75(53-105)54-120(84)100(133)81-48-73-44-63(3)64(4)96(142-8)94(73)113-81)51-87(124)79(111-91(127)58-147-106)32-33-89(125)107-36-41-144-42-37-109-98(131)74(45-66-18-12-10-13-19-66)49-86(123)80(46-67-20-14-11-15-21-67)112-90(126)56-119-55-83(115-116-119)70-27-29-71(30-28-70)97(130)108-35-17-16-22-72(101(134)135)59-149(139,140)60-76(146-61-121)31-34-92(128)129/h10-15,18-21,23-30,44,48,50,52,55,61-62,65,72,74-77,79-80,113-114H,16-17,22,31-43,45-47,49,51,53-54,56-60,106H2,1-9H3,(H,107,125)(H,108,130)(H,109,131)(H,110,132)(H,111,127)(H,112,126)(H,128,129)(H,134,135)(H,139,140)/t65-,72+,74+,75+,76+,77-,79?,80-/m0/s1. The largest absolute Gasteiger partial charge is 0.494 e. The zero-order chi connectivity index (χ0) is 108. The van der Waals surface area contributed by atoms with Crippen molar-refractivity contribution in [1.82, 2.24) is 66.7 Å². The summed E-state index contributed by atoms with van der Waals surface area (Å²) in [7, 11) is 1.55. The SMILES string of the molecule is COCCN(CCN(C)C(=O)OCc1ccc(CC(=O)[C@H](C)NC(=O)[C@@H](CC(=O)C(CCC(=O)NCCOCCNC(=O)[C@@H](CC(=O)[C@H](Cc2ccccc2)NC(=O)Cn2cc(-c3ccc(C(=O)NCCCC[C@H](CP(=O)(O)C[C@@H](CCC(=O)O)OC=O)C(=O)O)cc3)nn2)Cc2ccccc2)NC(=O)CON)C(C)C)cc1)C(=O)Oc1cc2c(c3cc(C(=O)OC)[nH]c13)[C@H](CCl)CN2C(=O)c1cc2cc(C)c(C)c(OC)c2[nH]1. The molecule has 1 aliphatic heterocycles. The molecule has 9 aromatic rings. The number of H-pyrrole nitrogens is 2. The number of benzene rings is 6.